The summed E-state index contributed by atoms with van der Waals surface area (Å²) in [6, 6.07) is 5.91. The summed E-state index contributed by atoms with van der Waals surface area (Å²) in [6.07, 6.45) is 5.23. The molecule has 0 N–H and O–H groups in total. The third-order valence-corrected chi connectivity index (χ3v) is 6.16. The van der Waals surface area contributed by atoms with Crippen molar-refractivity contribution in [3.8, 4) is 0 Å². The average molecular weight is 380 g/mol. The lowest BCUT2D eigenvalue weighted by molar-refractivity contribution is 0.0486. The van der Waals surface area contributed by atoms with Gasteiger partial charge in [0.15, 0.2) is 5.78 Å². The van der Waals surface area contributed by atoms with Crippen LogP contribution in [0, 0.1) is 11.7 Å². The first kappa shape index (κ1) is 21.1. The molecule has 1 aromatic carbocycles. The van der Waals surface area contributed by atoms with Gasteiger partial charge >= 0.3 is 0 Å². The zero-order valence-corrected chi connectivity index (χ0v) is 16.8. The largest absolute Gasteiger partial charge is 0.379 e. The fraction of sp³-hybridized carbons (Fsp3) is 0.571. The number of Topliss-reactive ketones (excluding diaryl/α,β-unsaturated/α-hetero) is 1. The van der Waals surface area contributed by atoms with Gasteiger partial charge in [-0.3, -0.25) is 4.79 Å². The number of rotatable bonds is 6. The molecule has 0 aliphatic carbocycles. The van der Waals surface area contributed by atoms with Gasteiger partial charge in [-0.15, -0.1) is 11.8 Å². The van der Waals surface area contributed by atoms with Crippen LogP contribution in [-0.2, 0) is 4.74 Å². The molecule has 3 rings (SSSR count). The van der Waals surface area contributed by atoms with Crippen LogP contribution in [0.5, 0.6) is 0 Å². The molecule has 0 amide bonds. The fourth-order valence-corrected chi connectivity index (χ4v) is 4.49. The van der Waals surface area contributed by atoms with Crippen LogP contribution in [-0.4, -0.2) is 48.8 Å². The van der Waals surface area contributed by atoms with E-state index in [1.165, 1.54) is 12.1 Å². The van der Waals surface area contributed by atoms with Crippen molar-refractivity contribution in [2.45, 2.75) is 44.5 Å². The first-order valence-electron chi connectivity index (χ1n) is 9.53. The highest BCUT2D eigenvalue weighted by Gasteiger charge is 2.29. The molecule has 2 aliphatic heterocycles. The molecule has 2 aliphatic rings. The quantitative estimate of drug-likeness (QED) is 0.665. The highest BCUT2D eigenvalue weighted by Crippen LogP contribution is 2.29. The Bertz CT molecular complexity index is 574. The van der Waals surface area contributed by atoms with Gasteiger partial charge in [0.05, 0.1) is 6.10 Å². The number of hydrogen-bond acceptors (Lipinski definition) is 4. The number of piperidine rings is 1. The van der Waals surface area contributed by atoms with Crippen molar-refractivity contribution >= 4 is 17.5 Å². The summed E-state index contributed by atoms with van der Waals surface area (Å²) in [5.74, 6) is -0.102. The van der Waals surface area contributed by atoms with Crippen molar-refractivity contribution in [1.29, 1.82) is 0 Å². The normalized spacial score (nSPS) is 21.9. The minimum Gasteiger partial charge on any atom is -0.379 e. The third-order valence-electron chi connectivity index (χ3n) is 4.96. The SMILES string of the molecule is CC.COC(CN1CCC(C(=O)c2ccc(F)cc2)CC1)C1CC=CS1. The molecule has 0 bridgehead atoms. The molecule has 2 unspecified atom stereocenters. The molecule has 5 heteroatoms. The molecule has 26 heavy (non-hydrogen) atoms. The maximum Gasteiger partial charge on any atom is 0.166 e. The topological polar surface area (TPSA) is 29.5 Å². The van der Waals surface area contributed by atoms with Crippen molar-refractivity contribution in [2.75, 3.05) is 26.7 Å². The monoisotopic (exact) mass is 379 g/mol. The maximum atomic E-state index is 13.0. The van der Waals surface area contributed by atoms with Crippen molar-refractivity contribution in [3.05, 3.63) is 47.1 Å². The highest BCUT2D eigenvalue weighted by molar-refractivity contribution is 8.03. The number of halogens is 1. The van der Waals surface area contributed by atoms with Crippen LogP contribution in [0.15, 0.2) is 35.7 Å². The van der Waals surface area contributed by atoms with Gasteiger partial charge in [-0.2, -0.15) is 0 Å². The van der Waals surface area contributed by atoms with Crippen LogP contribution >= 0.6 is 11.8 Å². The zero-order valence-electron chi connectivity index (χ0n) is 16.0. The molecule has 0 saturated carbocycles. The van der Waals surface area contributed by atoms with Gasteiger partial charge in [0, 0.05) is 30.4 Å². The summed E-state index contributed by atoms with van der Waals surface area (Å²) >= 11 is 1.85. The Labute approximate surface area is 161 Å². The predicted octanol–water partition coefficient (Wildman–Crippen LogP) is 4.78. The van der Waals surface area contributed by atoms with Gasteiger partial charge in [-0.05, 0) is 62.0 Å². The van der Waals surface area contributed by atoms with E-state index in [1.54, 1.807) is 19.2 Å². The molecule has 144 valence electrons. The average Bonchev–Trinajstić information content (AvgIpc) is 3.23. The van der Waals surface area contributed by atoms with Gasteiger partial charge < -0.3 is 9.64 Å². The molecule has 2 atom stereocenters. The number of carbonyl (C=O) groups is 1. The fourth-order valence-electron chi connectivity index (χ4n) is 3.47. The van der Waals surface area contributed by atoms with E-state index in [9.17, 15) is 9.18 Å². The Kier molecular flexibility index (Phi) is 8.82. The van der Waals surface area contributed by atoms with Gasteiger partial charge in [0.1, 0.15) is 5.82 Å². The first-order valence-corrected chi connectivity index (χ1v) is 10.5. The molecule has 2 heterocycles. The lowest BCUT2D eigenvalue weighted by atomic mass is 9.88. The summed E-state index contributed by atoms with van der Waals surface area (Å²) in [7, 11) is 1.79. The Morgan fingerprint density at radius 1 is 1.27 bits per heavy atom. The molecule has 0 spiro atoms. The van der Waals surface area contributed by atoms with Gasteiger partial charge in [-0.25, -0.2) is 4.39 Å². The first-order chi connectivity index (χ1) is 12.7. The van der Waals surface area contributed by atoms with E-state index < -0.39 is 0 Å². The molecule has 0 radical (unpaired) electrons. The van der Waals surface area contributed by atoms with E-state index >= 15 is 0 Å². The number of likely N-dealkylation sites (tertiary alicyclic amines) is 1. The Balaban J connectivity index is 0.00000117. The van der Waals surface area contributed by atoms with E-state index in [2.05, 4.69) is 16.4 Å². The van der Waals surface area contributed by atoms with Crippen molar-refractivity contribution < 1.29 is 13.9 Å². The number of benzene rings is 1. The second-order valence-electron chi connectivity index (χ2n) is 6.50. The standard InChI is InChI=1S/C19H24FNO2S.C2H6/c1-23-17(18-3-2-12-24-18)13-21-10-8-15(9-11-21)19(22)14-4-6-16(20)7-5-14;1-2/h2,4-7,12,15,17-18H,3,8-11,13H2,1H3;1-2H3. The van der Waals surface area contributed by atoms with Crippen LogP contribution in [0.3, 0.4) is 0 Å². The second-order valence-corrected chi connectivity index (χ2v) is 7.65. The van der Waals surface area contributed by atoms with E-state index in [-0.39, 0.29) is 23.6 Å². The Morgan fingerprint density at radius 2 is 1.92 bits per heavy atom. The molecular formula is C21H30FNO2S. The number of methoxy groups -OCH3 is 1. The number of allylic oxidation sites excluding steroid dienone is 1. The van der Waals surface area contributed by atoms with E-state index in [4.69, 9.17) is 4.74 Å². The van der Waals surface area contributed by atoms with Crippen LogP contribution in [0.1, 0.15) is 43.5 Å². The molecule has 1 fully saturated rings. The number of carbonyl (C=O) groups excluding carboxylic acids is 1. The van der Waals surface area contributed by atoms with E-state index in [0.717, 1.165) is 38.9 Å². The van der Waals surface area contributed by atoms with Crippen molar-refractivity contribution in [3.63, 3.8) is 0 Å². The van der Waals surface area contributed by atoms with Gasteiger partial charge in [0.2, 0.25) is 0 Å². The molecule has 1 aromatic rings. The number of thioether (sulfide) groups is 1. The van der Waals surface area contributed by atoms with Crippen LogP contribution in [0.2, 0.25) is 0 Å². The maximum absolute atomic E-state index is 13.0. The third kappa shape index (κ3) is 5.66. The Hall–Kier alpha value is -1.17. The number of ketones is 1. The smallest absolute Gasteiger partial charge is 0.166 e. The Morgan fingerprint density at radius 3 is 2.46 bits per heavy atom. The van der Waals surface area contributed by atoms with E-state index in [0.29, 0.717) is 10.8 Å². The molecule has 0 aromatic heterocycles. The summed E-state index contributed by atoms with van der Waals surface area (Å²) in [5, 5.41) is 2.66. The minimum absolute atomic E-state index is 0.0511. The minimum atomic E-state index is -0.300. The van der Waals surface area contributed by atoms with E-state index in [1.807, 2.05) is 25.6 Å². The highest BCUT2D eigenvalue weighted by atomic mass is 32.2. The number of ether oxygens (including phenoxy) is 1. The van der Waals surface area contributed by atoms with Gasteiger partial charge in [-0.1, -0.05) is 19.9 Å². The summed E-state index contributed by atoms with van der Waals surface area (Å²) in [5.41, 5.74) is 0.623. The molecule has 1 saturated heterocycles. The zero-order chi connectivity index (χ0) is 18.9. The van der Waals surface area contributed by atoms with Crippen LogP contribution < -0.4 is 0 Å². The van der Waals surface area contributed by atoms with Crippen molar-refractivity contribution in [1.82, 2.24) is 4.90 Å². The summed E-state index contributed by atoms with van der Waals surface area (Å²) in [4.78, 5) is 14.9. The van der Waals surface area contributed by atoms with Gasteiger partial charge in [0.25, 0.3) is 0 Å². The number of hydrogen-bond donors (Lipinski definition) is 0. The number of nitrogens with zero attached hydrogens (tertiary/aromatic N) is 1. The van der Waals surface area contributed by atoms with Crippen LogP contribution in [0.25, 0.3) is 0 Å². The molecular weight excluding hydrogens is 349 g/mol. The second kappa shape index (κ2) is 10.9. The predicted molar refractivity (Wildman–Crippen MR) is 107 cm³/mol. The molecule has 3 nitrogen and oxygen atoms in total. The summed E-state index contributed by atoms with van der Waals surface area (Å²) < 4.78 is 18.7. The lowest BCUT2D eigenvalue weighted by Crippen LogP contribution is -2.43. The lowest BCUT2D eigenvalue weighted by Gasteiger charge is -2.34. The van der Waals surface area contributed by atoms with Crippen molar-refractivity contribution in [2.24, 2.45) is 5.92 Å². The van der Waals surface area contributed by atoms with Crippen LogP contribution in [0.4, 0.5) is 4.39 Å². The summed E-state index contributed by atoms with van der Waals surface area (Å²) in [6.45, 7) is 6.76.